The Balaban J connectivity index is 1.73. The van der Waals surface area contributed by atoms with Gasteiger partial charge in [-0.15, -0.1) is 0 Å². The van der Waals surface area contributed by atoms with Crippen molar-refractivity contribution >= 4 is 23.2 Å². The van der Waals surface area contributed by atoms with Gasteiger partial charge in [0.25, 0.3) is 5.91 Å². The van der Waals surface area contributed by atoms with Crippen LogP contribution in [0.3, 0.4) is 0 Å². The Hall–Kier alpha value is -2.79. The van der Waals surface area contributed by atoms with E-state index in [9.17, 15) is 4.79 Å². The molecular formula is C18H16ClN3O2. The van der Waals surface area contributed by atoms with Crippen LogP contribution in [0.4, 0.5) is 5.69 Å². The summed E-state index contributed by atoms with van der Waals surface area (Å²) in [7, 11) is 0. The number of ether oxygens (including phenoxy) is 1. The van der Waals surface area contributed by atoms with Crippen LogP contribution in [0.5, 0.6) is 5.75 Å². The Morgan fingerprint density at radius 1 is 1.21 bits per heavy atom. The van der Waals surface area contributed by atoms with E-state index in [0.29, 0.717) is 28.7 Å². The normalized spacial score (nSPS) is 10.4. The number of carbonyl (C=O) groups is 1. The largest absolute Gasteiger partial charge is 0.494 e. The summed E-state index contributed by atoms with van der Waals surface area (Å²) < 4.78 is 5.41. The molecule has 0 aliphatic heterocycles. The van der Waals surface area contributed by atoms with Gasteiger partial charge in [0.1, 0.15) is 11.4 Å². The molecule has 1 aromatic heterocycles. The molecule has 2 N–H and O–H groups in total. The highest BCUT2D eigenvalue weighted by atomic mass is 35.5. The van der Waals surface area contributed by atoms with Crippen LogP contribution >= 0.6 is 11.6 Å². The lowest BCUT2D eigenvalue weighted by Gasteiger charge is -2.03. The average Bonchev–Trinajstić information content (AvgIpc) is 3.06. The van der Waals surface area contributed by atoms with E-state index in [-0.39, 0.29) is 5.91 Å². The lowest BCUT2D eigenvalue weighted by atomic mass is 10.1. The summed E-state index contributed by atoms with van der Waals surface area (Å²) in [6.07, 6.45) is 0. The number of halogens is 1. The Kier molecular flexibility index (Phi) is 4.82. The van der Waals surface area contributed by atoms with Crippen molar-refractivity contribution in [2.45, 2.75) is 6.92 Å². The summed E-state index contributed by atoms with van der Waals surface area (Å²) in [5.41, 5.74) is 2.59. The van der Waals surface area contributed by atoms with Crippen molar-refractivity contribution in [1.29, 1.82) is 0 Å². The molecule has 0 aliphatic carbocycles. The summed E-state index contributed by atoms with van der Waals surface area (Å²) >= 11 is 5.91. The summed E-state index contributed by atoms with van der Waals surface area (Å²) in [4.78, 5) is 12.3. The molecule has 0 fully saturated rings. The lowest BCUT2D eigenvalue weighted by Crippen LogP contribution is -2.12. The third kappa shape index (κ3) is 3.75. The number of H-pyrrole nitrogens is 1. The smallest absolute Gasteiger partial charge is 0.273 e. The number of benzene rings is 2. The highest BCUT2D eigenvalue weighted by Gasteiger charge is 2.11. The van der Waals surface area contributed by atoms with Gasteiger partial charge in [-0.25, -0.2) is 0 Å². The summed E-state index contributed by atoms with van der Waals surface area (Å²) in [6, 6.07) is 16.2. The molecule has 122 valence electrons. The van der Waals surface area contributed by atoms with Crippen LogP contribution < -0.4 is 10.1 Å². The molecule has 5 nitrogen and oxygen atoms in total. The summed E-state index contributed by atoms with van der Waals surface area (Å²) in [5, 5.41) is 10.3. The third-order valence-electron chi connectivity index (χ3n) is 3.37. The van der Waals surface area contributed by atoms with E-state index in [1.54, 1.807) is 30.3 Å². The second-order valence-electron chi connectivity index (χ2n) is 5.09. The number of nitrogens with one attached hydrogen (secondary N) is 2. The SMILES string of the molecule is CCOc1ccc(-c2cc(C(=O)Nc3cccc(Cl)c3)[nH]n2)cc1. The molecule has 0 spiro atoms. The van der Waals surface area contributed by atoms with Crippen molar-refractivity contribution in [1.82, 2.24) is 10.2 Å². The molecular weight excluding hydrogens is 326 g/mol. The highest BCUT2D eigenvalue weighted by Crippen LogP contribution is 2.22. The second-order valence-corrected chi connectivity index (χ2v) is 5.53. The number of anilines is 1. The van der Waals surface area contributed by atoms with Crippen molar-refractivity contribution in [2.24, 2.45) is 0 Å². The maximum atomic E-state index is 12.3. The van der Waals surface area contributed by atoms with Gasteiger partial charge in [0.05, 0.1) is 12.3 Å². The van der Waals surface area contributed by atoms with Crippen LogP contribution in [0.2, 0.25) is 5.02 Å². The molecule has 0 atom stereocenters. The van der Waals surface area contributed by atoms with Crippen molar-refractivity contribution in [3.63, 3.8) is 0 Å². The number of aromatic amines is 1. The zero-order chi connectivity index (χ0) is 16.9. The minimum absolute atomic E-state index is 0.276. The van der Waals surface area contributed by atoms with Gasteiger partial charge in [0, 0.05) is 16.3 Å². The predicted octanol–water partition coefficient (Wildman–Crippen LogP) is 4.38. The quantitative estimate of drug-likeness (QED) is 0.723. The van der Waals surface area contributed by atoms with Crippen molar-refractivity contribution in [3.05, 3.63) is 65.3 Å². The zero-order valence-electron chi connectivity index (χ0n) is 13.0. The molecule has 3 aromatic rings. The summed E-state index contributed by atoms with van der Waals surface area (Å²) in [5.74, 6) is 0.526. The standard InChI is InChI=1S/C18H16ClN3O2/c1-2-24-15-8-6-12(7-9-15)16-11-17(22-21-16)18(23)20-14-5-3-4-13(19)10-14/h3-11H,2H2,1H3,(H,20,23)(H,21,22). The summed E-state index contributed by atoms with van der Waals surface area (Å²) in [6.45, 7) is 2.56. The lowest BCUT2D eigenvalue weighted by molar-refractivity contribution is 0.102. The molecule has 1 amide bonds. The van der Waals surface area contributed by atoms with Crippen molar-refractivity contribution in [2.75, 3.05) is 11.9 Å². The fourth-order valence-electron chi connectivity index (χ4n) is 2.24. The van der Waals surface area contributed by atoms with Crippen LogP contribution in [-0.4, -0.2) is 22.7 Å². The Labute approximate surface area is 144 Å². The molecule has 6 heteroatoms. The van der Waals surface area contributed by atoms with Gasteiger partial charge < -0.3 is 10.1 Å². The number of hydrogen-bond donors (Lipinski definition) is 2. The van der Waals surface area contributed by atoms with Gasteiger partial charge >= 0.3 is 0 Å². The van der Waals surface area contributed by atoms with E-state index in [1.165, 1.54) is 0 Å². The first-order valence-electron chi connectivity index (χ1n) is 7.51. The molecule has 0 bridgehead atoms. The molecule has 0 saturated heterocycles. The number of carbonyl (C=O) groups excluding carboxylic acids is 1. The molecule has 24 heavy (non-hydrogen) atoms. The highest BCUT2D eigenvalue weighted by molar-refractivity contribution is 6.30. The van der Waals surface area contributed by atoms with Crippen LogP contribution in [0, 0.1) is 0 Å². The van der Waals surface area contributed by atoms with Crippen LogP contribution in [0.15, 0.2) is 54.6 Å². The first-order chi connectivity index (χ1) is 11.7. The minimum atomic E-state index is -0.276. The van der Waals surface area contributed by atoms with E-state index in [4.69, 9.17) is 16.3 Å². The minimum Gasteiger partial charge on any atom is -0.494 e. The number of aromatic nitrogens is 2. The van der Waals surface area contributed by atoms with Crippen LogP contribution in [0.25, 0.3) is 11.3 Å². The topological polar surface area (TPSA) is 67.0 Å². The van der Waals surface area contributed by atoms with E-state index in [0.717, 1.165) is 11.3 Å². The van der Waals surface area contributed by atoms with Gasteiger partial charge in [0.15, 0.2) is 0 Å². The number of hydrogen-bond acceptors (Lipinski definition) is 3. The Bertz CT molecular complexity index is 843. The predicted molar refractivity (Wildman–Crippen MR) is 94.6 cm³/mol. The number of amides is 1. The van der Waals surface area contributed by atoms with Gasteiger partial charge in [-0.3, -0.25) is 9.89 Å². The average molecular weight is 342 g/mol. The molecule has 0 aliphatic rings. The van der Waals surface area contributed by atoms with Crippen molar-refractivity contribution < 1.29 is 9.53 Å². The van der Waals surface area contributed by atoms with Crippen molar-refractivity contribution in [3.8, 4) is 17.0 Å². The van der Waals surface area contributed by atoms with Crippen LogP contribution in [0.1, 0.15) is 17.4 Å². The number of nitrogens with zero attached hydrogens (tertiary/aromatic N) is 1. The molecule has 0 unspecified atom stereocenters. The van der Waals surface area contributed by atoms with Gasteiger partial charge in [-0.1, -0.05) is 17.7 Å². The third-order valence-corrected chi connectivity index (χ3v) is 3.60. The molecule has 2 aromatic carbocycles. The fraction of sp³-hybridized carbons (Fsp3) is 0.111. The van der Waals surface area contributed by atoms with E-state index >= 15 is 0 Å². The first-order valence-corrected chi connectivity index (χ1v) is 7.89. The monoisotopic (exact) mass is 341 g/mol. The molecule has 0 saturated carbocycles. The number of rotatable bonds is 5. The maximum absolute atomic E-state index is 12.3. The van der Waals surface area contributed by atoms with Crippen LogP contribution in [-0.2, 0) is 0 Å². The molecule has 1 heterocycles. The van der Waals surface area contributed by atoms with Gasteiger partial charge in [-0.05, 0) is 55.5 Å². The van der Waals surface area contributed by atoms with Gasteiger partial charge in [-0.2, -0.15) is 5.10 Å². The maximum Gasteiger partial charge on any atom is 0.273 e. The molecule has 0 radical (unpaired) electrons. The Morgan fingerprint density at radius 3 is 2.71 bits per heavy atom. The zero-order valence-corrected chi connectivity index (χ0v) is 13.8. The van der Waals surface area contributed by atoms with Gasteiger partial charge in [0.2, 0.25) is 0 Å². The fourth-order valence-corrected chi connectivity index (χ4v) is 2.43. The Morgan fingerprint density at radius 2 is 2.00 bits per heavy atom. The second kappa shape index (κ2) is 7.19. The molecule has 3 rings (SSSR count). The first kappa shape index (κ1) is 16.1. The van der Waals surface area contributed by atoms with E-state index in [2.05, 4.69) is 15.5 Å². The van der Waals surface area contributed by atoms with E-state index in [1.807, 2.05) is 31.2 Å². The van der Waals surface area contributed by atoms with E-state index < -0.39 is 0 Å².